The number of aliphatic hydroxyl groups is 1. The van der Waals surface area contributed by atoms with Crippen LogP contribution in [0.2, 0.25) is 0 Å². The molecule has 1 rings (SSSR count). The quantitative estimate of drug-likeness (QED) is 0.619. The molecule has 0 radical (unpaired) electrons. The van der Waals surface area contributed by atoms with Crippen LogP contribution in [0.3, 0.4) is 0 Å². The number of methoxy groups -OCH3 is 1. The first-order valence-electron chi connectivity index (χ1n) is 5.97. The molecular weight excluding hydrogens is 240 g/mol. The predicted octanol–water partition coefficient (Wildman–Crippen LogP) is -0.500. The molecule has 7 nitrogen and oxygen atoms in total. The minimum absolute atomic E-state index is 0.272. The van der Waals surface area contributed by atoms with Crippen molar-refractivity contribution in [3.05, 3.63) is 0 Å². The van der Waals surface area contributed by atoms with Gasteiger partial charge in [-0.05, 0) is 18.8 Å². The highest BCUT2D eigenvalue weighted by Crippen LogP contribution is 2.17. The van der Waals surface area contributed by atoms with Crippen LogP contribution in [0.4, 0.5) is 4.79 Å². The van der Waals surface area contributed by atoms with Crippen LogP contribution in [0, 0.1) is 5.92 Å². The van der Waals surface area contributed by atoms with Gasteiger partial charge in [0.05, 0.1) is 6.54 Å². The van der Waals surface area contributed by atoms with Crippen molar-refractivity contribution in [1.29, 1.82) is 0 Å². The SMILES string of the molecule is COCC1CCN(C(=O)NC[C@H](O)C(=O)O)CC1. The van der Waals surface area contributed by atoms with Crippen molar-refractivity contribution in [3.8, 4) is 0 Å². The number of carboxylic acid groups (broad SMARTS) is 1. The molecule has 3 N–H and O–H groups in total. The summed E-state index contributed by atoms with van der Waals surface area (Å²) in [4.78, 5) is 23.7. The number of carbonyl (C=O) groups excluding carboxylic acids is 1. The van der Waals surface area contributed by atoms with Gasteiger partial charge in [0.1, 0.15) is 0 Å². The first-order valence-corrected chi connectivity index (χ1v) is 5.97. The van der Waals surface area contributed by atoms with Crippen molar-refractivity contribution in [3.63, 3.8) is 0 Å². The largest absolute Gasteiger partial charge is 0.479 e. The number of ether oxygens (including phenoxy) is 1. The average Bonchev–Trinajstić information content (AvgIpc) is 2.36. The molecule has 1 heterocycles. The second-order valence-corrected chi connectivity index (χ2v) is 4.43. The highest BCUT2D eigenvalue weighted by atomic mass is 16.5. The second-order valence-electron chi connectivity index (χ2n) is 4.43. The van der Waals surface area contributed by atoms with Gasteiger partial charge in [-0.1, -0.05) is 0 Å². The van der Waals surface area contributed by atoms with E-state index < -0.39 is 12.1 Å². The molecule has 1 atom stereocenters. The Balaban J connectivity index is 2.25. The fraction of sp³-hybridized carbons (Fsp3) is 0.818. The lowest BCUT2D eigenvalue weighted by Gasteiger charge is -2.31. The van der Waals surface area contributed by atoms with Crippen molar-refractivity contribution in [2.45, 2.75) is 18.9 Å². The summed E-state index contributed by atoms with van der Waals surface area (Å²) in [6.07, 6.45) is 0.200. The summed E-state index contributed by atoms with van der Waals surface area (Å²) < 4.78 is 5.06. The Bertz CT molecular complexity index is 289. The van der Waals surface area contributed by atoms with Crippen LogP contribution in [0.25, 0.3) is 0 Å². The monoisotopic (exact) mass is 260 g/mol. The van der Waals surface area contributed by atoms with Crippen molar-refractivity contribution in [2.75, 3.05) is 33.4 Å². The third-order valence-electron chi connectivity index (χ3n) is 3.04. The van der Waals surface area contributed by atoms with E-state index in [-0.39, 0.29) is 12.6 Å². The average molecular weight is 260 g/mol. The summed E-state index contributed by atoms with van der Waals surface area (Å²) in [5.41, 5.74) is 0. The van der Waals surface area contributed by atoms with Gasteiger partial charge in [-0.2, -0.15) is 0 Å². The van der Waals surface area contributed by atoms with E-state index in [1.165, 1.54) is 0 Å². The zero-order valence-corrected chi connectivity index (χ0v) is 10.5. The fourth-order valence-corrected chi connectivity index (χ4v) is 1.92. The lowest BCUT2D eigenvalue weighted by molar-refractivity contribution is -0.146. The van der Waals surface area contributed by atoms with E-state index >= 15 is 0 Å². The number of aliphatic hydroxyl groups excluding tert-OH is 1. The fourth-order valence-electron chi connectivity index (χ4n) is 1.92. The minimum Gasteiger partial charge on any atom is -0.479 e. The Labute approximate surface area is 106 Å². The number of piperidine rings is 1. The van der Waals surface area contributed by atoms with Gasteiger partial charge in [0, 0.05) is 26.8 Å². The molecule has 0 aliphatic carbocycles. The topological polar surface area (TPSA) is 99.1 Å². The van der Waals surface area contributed by atoms with E-state index in [9.17, 15) is 9.59 Å². The summed E-state index contributed by atoms with van der Waals surface area (Å²) in [6.45, 7) is 1.69. The van der Waals surface area contributed by atoms with Gasteiger partial charge in [0.15, 0.2) is 6.10 Å². The maximum atomic E-state index is 11.7. The van der Waals surface area contributed by atoms with Crippen molar-refractivity contribution in [1.82, 2.24) is 10.2 Å². The Morgan fingerprint density at radius 2 is 2.06 bits per heavy atom. The highest BCUT2D eigenvalue weighted by Gasteiger charge is 2.23. The van der Waals surface area contributed by atoms with Gasteiger partial charge in [0.2, 0.25) is 0 Å². The molecule has 104 valence electrons. The lowest BCUT2D eigenvalue weighted by Crippen LogP contribution is -2.47. The third kappa shape index (κ3) is 4.50. The van der Waals surface area contributed by atoms with E-state index in [0.29, 0.717) is 25.6 Å². The molecule has 0 saturated carbocycles. The molecule has 0 bridgehead atoms. The summed E-state index contributed by atoms with van der Waals surface area (Å²) in [7, 11) is 1.66. The van der Waals surface area contributed by atoms with E-state index in [4.69, 9.17) is 14.9 Å². The Hall–Kier alpha value is -1.34. The predicted molar refractivity (Wildman–Crippen MR) is 63.2 cm³/mol. The number of carbonyl (C=O) groups is 2. The summed E-state index contributed by atoms with van der Waals surface area (Å²) >= 11 is 0. The smallest absolute Gasteiger partial charge is 0.334 e. The van der Waals surface area contributed by atoms with E-state index in [2.05, 4.69) is 5.32 Å². The highest BCUT2D eigenvalue weighted by molar-refractivity contribution is 5.76. The van der Waals surface area contributed by atoms with Gasteiger partial charge >= 0.3 is 12.0 Å². The number of likely N-dealkylation sites (tertiary alicyclic amines) is 1. The van der Waals surface area contributed by atoms with Crippen molar-refractivity contribution < 1.29 is 24.5 Å². The molecule has 0 aromatic heterocycles. The van der Waals surface area contributed by atoms with Gasteiger partial charge in [-0.15, -0.1) is 0 Å². The van der Waals surface area contributed by atoms with Crippen molar-refractivity contribution in [2.24, 2.45) is 5.92 Å². The normalized spacial score (nSPS) is 18.4. The standard InChI is InChI=1S/C11H20N2O5/c1-18-7-8-2-4-13(5-3-8)11(17)12-6-9(14)10(15)16/h8-9,14H,2-7H2,1H3,(H,12,17)(H,15,16)/t9-/m0/s1. The van der Waals surface area contributed by atoms with Crippen LogP contribution in [0.1, 0.15) is 12.8 Å². The molecular formula is C11H20N2O5. The Morgan fingerprint density at radius 3 is 2.56 bits per heavy atom. The minimum atomic E-state index is -1.56. The van der Waals surface area contributed by atoms with Crippen LogP contribution in [-0.2, 0) is 9.53 Å². The van der Waals surface area contributed by atoms with Crippen LogP contribution >= 0.6 is 0 Å². The second kappa shape index (κ2) is 7.17. The summed E-state index contributed by atoms with van der Waals surface area (Å²) in [5, 5.41) is 19.9. The number of aliphatic carboxylic acids is 1. The molecule has 1 saturated heterocycles. The maximum Gasteiger partial charge on any atom is 0.334 e. The Kier molecular flexibility index (Phi) is 5.87. The molecule has 7 heteroatoms. The first-order chi connectivity index (χ1) is 8.54. The number of nitrogens with zero attached hydrogens (tertiary/aromatic N) is 1. The number of hydrogen-bond acceptors (Lipinski definition) is 4. The van der Waals surface area contributed by atoms with Crippen LogP contribution in [0.5, 0.6) is 0 Å². The van der Waals surface area contributed by atoms with Crippen LogP contribution in [0.15, 0.2) is 0 Å². The zero-order chi connectivity index (χ0) is 13.5. The van der Waals surface area contributed by atoms with E-state index in [1.807, 2.05) is 0 Å². The van der Waals surface area contributed by atoms with Gasteiger partial charge < -0.3 is 25.2 Å². The summed E-state index contributed by atoms with van der Waals surface area (Å²) in [5.74, 6) is -0.863. The molecule has 1 aliphatic rings. The summed E-state index contributed by atoms with van der Waals surface area (Å²) in [6, 6.07) is -0.328. The van der Waals surface area contributed by atoms with E-state index in [0.717, 1.165) is 12.8 Å². The zero-order valence-electron chi connectivity index (χ0n) is 10.5. The molecule has 18 heavy (non-hydrogen) atoms. The Morgan fingerprint density at radius 1 is 1.44 bits per heavy atom. The number of carboxylic acids is 1. The molecule has 0 spiro atoms. The van der Waals surface area contributed by atoms with Crippen LogP contribution in [-0.4, -0.2) is 66.6 Å². The molecule has 0 aromatic carbocycles. The van der Waals surface area contributed by atoms with Gasteiger partial charge in [-0.25, -0.2) is 9.59 Å². The lowest BCUT2D eigenvalue weighted by atomic mass is 9.98. The number of hydrogen-bond donors (Lipinski definition) is 3. The molecule has 2 amide bonds. The number of urea groups is 1. The van der Waals surface area contributed by atoms with E-state index in [1.54, 1.807) is 12.0 Å². The molecule has 0 aromatic rings. The first kappa shape index (κ1) is 14.7. The molecule has 1 aliphatic heterocycles. The number of rotatable bonds is 5. The van der Waals surface area contributed by atoms with Gasteiger partial charge in [0.25, 0.3) is 0 Å². The number of nitrogens with one attached hydrogen (secondary N) is 1. The van der Waals surface area contributed by atoms with Crippen molar-refractivity contribution >= 4 is 12.0 Å². The maximum absolute atomic E-state index is 11.7. The third-order valence-corrected chi connectivity index (χ3v) is 3.04. The van der Waals surface area contributed by atoms with Crippen LogP contribution < -0.4 is 5.32 Å². The van der Waals surface area contributed by atoms with Gasteiger partial charge in [-0.3, -0.25) is 0 Å². The molecule has 0 unspecified atom stereocenters. The molecule has 1 fully saturated rings. The number of amides is 2.